The van der Waals surface area contributed by atoms with E-state index in [1.165, 1.54) is 23.8 Å². The van der Waals surface area contributed by atoms with Crippen molar-refractivity contribution in [2.75, 3.05) is 26.8 Å². The maximum Gasteiger partial charge on any atom is 0.248 e. The zero-order valence-electron chi connectivity index (χ0n) is 19.1. The molecule has 1 N–H and O–H groups in total. The highest BCUT2D eigenvalue weighted by molar-refractivity contribution is 5.84. The monoisotopic (exact) mass is 422 g/mol. The quantitative estimate of drug-likeness (QED) is 0.734. The molecule has 0 saturated carbocycles. The fraction of sp³-hybridized carbons (Fsp3) is 0.462. The molecule has 1 fully saturated rings. The molecule has 2 aromatic carbocycles. The molecule has 2 amide bonds. The number of ether oxygens (including phenoxy) is 1. The minimum Gasteiger partial charge on any atom is -0.375 e. The summed E-state index contributed by atoms with van der Waals surface area (Å²) in [6.45, 7) is 7.31. The molecule has 2 aromatic rings. The topological polar surface area (TPSA) is 58.6 Å². The number of rotatable bonds is 7. The highest BCUT2D eigenvalue weighted by Gasteiger charge is 2.42. The minimum absolute atomic E-state index is 0.0112. The Bertz CT molecular complexity index is 897. The highest BCUT2D eigenvalue weighted by atomic mass is 16.5. The van der Waals surface area contributed by atoms with Crippen molar-refractivity contribution in [3.63, 3.8) is 0 Å². The Morgan fingerprint density at radius 3 is 2.32 bits per heavy atom. The van der Waals surface area contributed by atoms with Crippen LogP contribution in [-0.4, -0.2) is 49.6 Å². The van der Waals surface area contributed by atoms with Gasteiger partial charge in [-0.25, -0.2) is 0 Å². The number of carbonyl (C=O) groups excluding carboxylic acids is 2. The van der Waals surface area contributed by atoms with E-state index in [-0.39, 0.29) is 24.5 Å². The van der Waals surface area contributed by atoms with Crippen molar-refractivity contribution in [1.82, 2.24) is 10.2 Å². The number of amides is 2. The van der Waals surface area contributed by atoms with Gasteiger partial charge in [0.25, 0.3) is 0 Å². The summed E-state index contributed by atoms with van der Waals surface area (Å²) in [6, 6.07) is 17.1. The summed E-state index contributed by atoms with van der Waals surface area (Å²) in [6.07, 6.45) is 1.98. The van der Waals surface area contributed by atoms with Gasteiger partial charge in [0.1, 0.15) is 6.61 Å². The highest BCUT2D eigenvalue weighted by Crippen LogP contribution is 2.36. The predicted molar refractivity (Wildman–Crippen MR) is 124 cm³/mol. The first-order valence-electron chi connectivity index (χ1n) is 11.1. The molecule has 5 nitrogen and oxygen atoms in total. The molecule has 3 rings (SSSR count). The van der Waals surface area contributed by atoms with Crippen LogP contribution in [0.1, 0.15) is 37.8 Å². The molecule has 5 heteroatoms. The van der Waals surface area contributed by atoms with Crippen molar-refractivity contribution in [1.29, 1.82) is 0 Å². The first-order valence-corrected chi connectivity index (χ1v) is 11.1. The molecule has 1 aliphatic rings. The summed E-state index contributed by atoms with van der Waals surface area (Å²) in [7, 11) is 1.53. The van der Waals surface area contributed by atoms with E-state index in [0.29, 0.717) is 32.4 Å². The van der Waals surface area contributed by atoms with E-state index in [1.807, 2.05) is 18.7 Å². The Morgan fingerprint density at radius 2 is 1.74 bits per heavy atom. The second kappa shape index (κ2) is 10.1. The molecule has 0 bridgehead atoms. The molecule has 0 aliphatic carbocycles. The summed E-state index contributed by atoms with van der Waals surface area (Å²) >= 11 is 0. The van der Waals surface area contributed by atoms with E-state index in [1.54, 1.807) is 0 Å². The average molecular weight is 423 g/mol. The first kappa shape index (κ1) is 23.0. The van der Waals surface area contributed by atoms with Crippen molar-refractivity contribution in [2.24, 2.45) is 5.41 Å². The molecule has 1 aliphatic heterocycles. The Balaban J connectivity index is 1.78. The molecular formula is C26H34N2O3. The second-order valence-electron chi connectivity index (χ2n) is 8.97. The number of hydrogen-bond donors (Lipinski definition) is 1. The first-order chi connectivity index (χ1) is 14.8. The molecule has 0 radical (unpaired) electrons. The number of nitrogens with zero attached hydrogens (tertiary/aromatic N) is 1. The van der Waals surface area contributed by atoms with Gasteiger partial charge in [-0.3, -0.25) is 9.59 Å². The number of likely N-dealkylation sites (tertiary alicyclic amines) is 1. The molecule has 0 aromatic heterocycles. The van der Waals surface area contributed by atoms with Crippen LogP contribution < -0.4 is 5.32 Å². The van der Waals surface area contributed by atoms with Crippen molar-refractivity contribution >= 4 is 11.8 Å². The van der Waals surface area contributed by atoms with E-state index in [9.17, 15) is 9.59 Å². The Morgan fingerprint density at radius 1 is 1.06 bits per heavy atom. The smallest absolute Gasteiger partial charge is 0.248 e. The lowest BCUT2D eigenvalue weighted by Crippen LogP contribution is -2.52. The number of carbonyl (C=O) groups is 2. The Kier molecular flexibility index (Phi) is 7.50. The lowest BCUT2D eigenvalue weighted by Gasteiger charge is -2.41. The predicted octanol–water partition coefficient (Wildman–Crippen LogP) is 3.98. The van der Waals surface area contributed by atoms with Crippen LogP contribution in [0.4, 0.5) is 0 Å². The number of benzene rings is 2. The van der Waals surface area contributed by atoms with Gasteiger partial charge >= 0.3 is 0 Å². The summed E-state index contributed by atoms with van der Waals surface area (Å²) in [5.74, 6) is 0.0759. The lowest BCUT2D eigenvalue weighted by molar-refractivity contribution is -0.143. The van der Waals surface area contributed by atoms with Crippen LogP contribution in [0.3, 0.4) is 0 Å². The summed E-state index contributed by atoms with van der Waals surface area (Å²) < 4.78 is 4.99. The molecule has 1 heterocycles. The van der Waals surface area contributed by atoms with Gasteiger partial charge < -0.3 is 15.0 Å². The minimum atomic E-state index is -0.501. The van der Waals surface area contributed by atoms with Gasteiger partial charge in [-0.05, 0) is 56.7 Å². The van der Waals surface area contributed by atoms with Crippen LogP contribution in [0.25, 0.3) is 11.1 Å². The molecule has 166 valence electrons. The fourth-order valence-electron chi connectivity index (χ4n) is 4.33. The third-order valence-corrected chi connectivity index (χ3v) is 6.09. The van der Waals surface area contributed by atoms with Crippen LogP contribution in [0.15, 0.2) is 48.5 Å². The zero-order chi connectivity index (χ0) is 22.4. The van der Waals surface area contributed by atoms with Gasteiger partial charge in [-0.1, -0.05) is 54.1 Å². The van der Waals surface area contributed by atoms with Gasteiger partial charge in [0.05, 0.1) is 5.41 Å². The fourth-order valence-corrected chi connectivity index (χ4v) is 4.33. The average Bonchev–Trinajstić information content (AvgIpc) is 2.74. The molecule has 1 saturated heterocycles. The van der Waals surface area contributed by atoms with Crippen molar-refractivity contribution in [3.8, 4) is 11.1 Å². The van der Waals surface area contributed by atoms with Crippen LogP contribution >= 0.6 is 0 Å². The molecule has 0 atom stereocenters. The third kappa shape index (κ3) is 5.73. The number of methoxy groups -OCH3 is 1. The van der Waals surface area contributed by atoms with Gasteiger partial charge in [0.2, 0.25) is 11.8 Å². The number of nitrogens with one attached hydrogen (secondary N) is 1. The Hall–Kier alpha value is -2.66. The van der Waals surface area contributed by atoms with Crippen LogP contribution in [0.2, 0.25) is 0 Å². The SMILES string of the molecule is COCC(=O)N1CCC(Cc2ccc(-c3cccc(C)c3)cc2)(C(=O)NC(C)C)CC1. The normalized spacial score (nSPS) is 15.7. The van der Waals surface area contributed by atoms with E-state index in [0.717, 1.165) is 5.56 Å². The second-order valence-corrected chi connectivity index (χ2v) is 8.97. The van der Waals surface area contributed by atoms with Gasteiger partial charge in [0.15, 0.2) is 0 Å². The summed E-state index contributed by atoms with van der Waals surface area (Å²) in [5, 5.41) is 3.12. The van der Waals surface area contributed by atoms with Gasteiger partial charge in [-0.15, -0.1) is 0 Å². The largest absolute Gasteiger partial charge is 0.375 e. The summed E-state index contributed by atoms with van der Waals surface area (Å²) in [5.41, 5.74) is 4.25. The number of hydrogen-bond acceptors (Lipinski definition) is 3. The third-order valence-electron chi connectivity index (χ3n) is 6.09. The molecule has 0 unspecified atom stereocenters. The van der Waals surface area contributed by atoms with Gasteiger partial charge in [0, 0.05) is 26.2 Å². The molecular weight excluding hydrogens is 388 g/mol. The van der Waals surface area contributed by atoms with Crippen molar-refractivity contribution < 1.29 is 14.3 Å². The van der Waals surface area contributed by atoms with Crippen LogP contribution in [-0.2, 0) is 20.7 Å². The lowest BCUT2D eigenvalue weighted by atomic mass is 9.72. The Labute approximate surface area is 185 Å². The number of aryl methyl sites for hydroxylation is 1. The van der Waals surface area contributed by atoms with E-state index < -0.39 is 5.41 Å². The van der Waals surface area contributed by atoms with Crippen molar-refractivity contribution in [2.45, 2.75) is 46.1 Å². The van der Waals surface area contributed by atoms with Crippen LogP contribution in [0.5, 0.6) is 0 Å². The van der Waals surface area contributed by atoms with E-state index in [2.05, 4.69) is 60.8 Å². The molecule has 31 heavy (non-hydrogen) atoms. The van der Waals surface area contributed by atoms with Crippen LogP contribution in [0, 0.1) is 12.3 Å². The standard InChI is InChI=1S/C26H34N2O3/c1-19(2)27-25(30)26(12-14-28(15-13-26)24(29)18-31-4)17-21-8-10-22(11-9-21)23-7-5-6-20(3)16-23/h5-11,16,19H,12-15,17-18H2,1-4H3,(H,27,30). The van der Waals surface area contributed by atoms with Crippen molar-refractivity contribution in [3.05, 3.63) is 59.7 Å². The maximum absolute atomic E-state index is 13.2. The summed E-state index contributed by atoms with van der Waals surface area (Å²) in [4.78, 5) is 27.2. The van der Waals surface area contributed by atoms with E-state index >= 15 is 0 Å². The van der Waals surface area contributed by atoms with Gasteiger partial charge in [-0.2, -0.15) is 0 Å². The zero-order valence-corrected chi connectivity index (χ0v) is 19.1. The number of piperidine rings is 1. The van der Waals surface area contributed by atoms with E-state index in [4.69, 9.17) is 4.74 Å². The molecule has 0 spiro atoms. The maximum atomic E-state index is 13.2.